The van der Waals surface area contributed by atoms with Crippen LogP contribution in [0.5, 0.6) is 0 Å². The molecule has 0 radical (unpaired) electrons. The van der Waals surface area contributed by atoms with Crippen LogP contribution in [0.15, 0.2) is 30.3 Å². The van der Waals surface area contributed by atoms with Crippen molar-refractivity contribution < 1.29 is 0 Å². The zero-order chi connectivity index (χ0) is 12.0. The highest BCUT2D eigenvalue weighted by Crippen LogP contribution is 2.19. The fourth-order valence-corrected chi connectivity index (χ4v) is 3.20. The maximum Gasteiger partial charge on any atom is 0.0442 e. The number of rotatable bonds is 6. The average molecular weight is 235 g/mol. The Bertz CT molecular complexity index is 289. The summed E-state index contributed by atoms with van der Waals surface area (Å²) in [6.07, 6.45) is 3.73. The van der Waals surface area contributed by atoms with E-state index in [-0.39, 0.29) is 6.04 Å². The Morgan fingerprint density at radius 1 is 1.06 bits per heavy atom. The molecule has 0 saturated heterocycles. The second-order valence-electron chi connectivity index (χ2n) is 5.82. The number of unbranched alkanes of at least 4 members (excludes halogenated alkanes) is 1. The van der Waals surface area contributed by atoms with Crippen molar-refractivity contribution in [2.45, 2.75) is 51.0 Å². The van der Waals surface area contributed by atoms with Crippen LogP contribution in [0.3, 0.4) is 0 Å². The van der Waals surface area contributed by atoms with Crippen LogP contribution in [0.2, 0.25) is 25.7 Å². The summed E-state index contributed by atoms with van der Waals surface area (Å²) in [4.78, 5) is 0. The third-order valence-corrected chi connectivity index (χ3v) is 4.77. The molecule has 0 aliphatic rings. The topological polar surface area (TPSA) is 26.0 Å². The number of benzene rings is 1. The molecular formula is C14H25NSi. The van der Waals surface area contributed by atoms with E-state index in [4.69, 9.17) is 5.73 Å². The molecule has 1 rings (SSSR count). The Morgan fingerprint density at radius 3 is 2.25 bits per heavy atom. The number of nitrogens with two attached hydrogens (primary N) is 1. The zero-order valence-electron chi connectivity index (χ0n) is 10.9. The molecule has 1 aromatic carbocycles. The van der Waals surface area contributed by atoms with E-state index in [0.29, 0.717) is 0 Å². The molecule has 0 saturated carbocycles. The van der Waals surface area contributed by atoms with Gasteiger partial charge in [0.15, 0.2) is 0 Å². The first-order valence-electron chi connectivity index (χ1n) is 6.29. The van der Waals surface area contributed by atoms with E-state index < -0.39 is 8.07 Å². The standard InChI is InChI=1S/C14H25NSi/c1-16(2,3)12-8-7-11-14(15)13-9-5-4-6-10-13/h4-6,9-10,14H,7-8,11-12,15H2,1-3H3. The van der Waals surface area contributed by atoms with E-state index in [0.717, 1.165) is 6.42 Å². The second kappa shape index (κ2) is 6.21. The lowest BCUT2D eigenvalue weighted by Gasteiger charge is -2.16. The van der Waals surface area contributed by atoms with E-state index in [1.807, 2.05) is 6.07 Å². The summed E-state index contributed by atoms with van der Waals surface area (Å²) in [6, 6.07) is 12.1. The van der Waals surface area contributed by atoms with Gasteiger partial charge in [-0.25, -0.2) is 0 Å². The maximum atomic E-state index is 6.16. The summed E-state index contributed by atoms with van der Waals surface area (Å²) in [7, 11) is -0.849. The molecule has 2 N–H and O–H groups in total. The van der Waals surface area contributed by atoms with Crippen LogP contribution in [0.4, 0.5) is 0 Å². The molecule has 0 heterocycles. The van der Waals surface area contributed by atoms with E-state index in [2.05, 4.69) is 43.9 Å². The average Bonchev–Trinajstić information content (AvgIpc) is 2.24. The van der Waals surface area contributed by atoms with Crippen molar-refractivity contribution in [3.63, 3.8) is 0 Å². The molecule has 1 nitrogen and oxygen atoms in total. The molecule has 2 heteroatoms. The molecule has 90 valence electrons. The van der Waals surface area contributed by atoms with E-state index in [1.54, 1.807) is 0 Å². The van der Waals surface area contributed by atoms with Crippen LogP contribution in [-0.4, -0.2) is 8.07 Å². The normalized spacial score (nSPS) is 13.8. The molecule has 0 fully saturated rings. The van der Waals surface area contributed by atoms with Gasteiger partial charge in [0.25, 0.3) is 0 Å². The van der Waals surface area contributed by atoms with Crippen LogP contribution >= 0.6 is 0 Å². The van der Waals surface area contributed by atoms with Crippen molar-refractivity contribution in [1.82, 2.24) is 0 Å². The third kappa shape index (κ3) is 5.47. The largest absolute Gasteiger partial charge is 0.324 e. The number of hydrogen-bond acceptors (Lipinski definition) is 1. The van der Waals surface area contributed by atoms with Gasteiger partial charge < -0.3 is 5.73 Å². The molecule has 0 bridgehead atoms. The Labute approximate surface area is 101 Å². The van der Waals surface area contributed by atoms with Crippen LogP contribution in [0.1, 0.15) is 30.9 Å². The predicted molar refractivity (Wildman–Crippen MR) is 75.4 cm³/mol. The Hall–Kier alpha value is -0.603. The number of hydrogen-bond donors (Lipinski definition) is 1. The predicted octanol–water partition coefficient (Wildman–Crippen LogP) is 4.19. The highest BCUT2D eigenvalue weighted by molar-refractivity contribution is 6.76. The first-order valence-corrected chi connectivity index (χ1v) is 10.0. The van der Waals surface area contributed by atoms with Crippen LogP contribution < -0.4 is 5.73 Å². The van der Waals surface area contributed by atoms with E-state index in [1.165, 1.54) is 24.4 Å². The van der Waals surface area contributed by atoms with Crippen molar-refractivity contribution in [1.29, 1.82) is 0 Å². The first-order chi connectivity index (χ1) is 7.49. The lowest BCUT2D eigenvalue weighted by Crippen LogP contribution is -2.19. The van der Waals surface area contributed by atoms with Gasteiger partial charge in [-0.2, -0.15) is 0 Å². The van der Waals surface area contributed by atoms with Crippen LogP contribution in [-0.2, 0) is 0 Å². The van der Waals surface area contributed by atoms with E-state index in [9.17, 15) is 0 Å². The SMILES string of the molecule is C[Si](C)(C)CCCCC(N)c1ccccc1. The zero-order valence-corrected chi connectivity index (χ0v) is 11.9. The third-order valence-electron chi connectivity index (χ3n) is 2.92. The summed E-state index contributed by atoms with van der Waals surface area (Å²) >= 11 is 0. The summed E-state index contributed by atoms with van der Waals surface area (Å²) in [5.74, 6) is 0. The van der Waals surface area contributed by atoms with Crippen molar-refractivity contribution in [2.75, 3.05) is 0 Å². The van der Waals surface area contributed by atoms with Gasteiger partial charge in [0.05, 0.1) is 0 Å². The van der Waals surface area contributed by atoms with Crippen molar-refractivity contribution in [3.8, 4) is 0 Å². The molecule has 1 atom stereocenters. The van der Waals surface area contributed by atoms with Gasteiger partial charge in [0, 0.05) is 14.1 Å². The monoisotopic (exact) mass is 235 g/mol. The molecular weight excluding hydrogens is 210 g/mol. The lowest BCUT2D eigenvalue weighted by atomic mass is 10.0. The minimum Gasteiger partial charge on any atom is -0.324 e. The Balaban J connectivity index is 2.24. The van der Waals surface area contributed by atoms with Gasteiger partial charge >= 0.3 is 0 Å². The first kappa shape index (κ1) is 13.5. The lowest BCUT2D eigenvalue weighted by molar-refractivity contribution is 0.601. The quantitative estimate of drug-likeness (QED) is 0.580. The van der Waals surface area contributed by atoms with Crippen molar-refractivity contribution in [3.05, 3.63) is 35.9 Å². The fraction of sp³-hybridized carbons (Fsp3) is 0.571. The van der Waals surface area contributed by atoms with E-state index >= 15 is 0 Å². The molecule has 16 heavy (non-hydrogen) atoms. The summed E-state index contributed by atoms with van der Waals surface area (Å²) in [5, 5.41) is 0. The van der Waals surface area contributed by atoms with Gasteiger partial charge in [0.1, 0.15) is 0 Å². The van der Waals surface area contributed by atoms with Crippen molar-refractivity contribution >= 4 is 8.07 Å². The molecule has 1 aromatic rings. The van der Waals surface area contributed by atoms with Gasteiger partial charge in [-0.3, -0.25) is 0 Å². The summed E-state index contributed by atoms with van der Waals surface area (Å²) < 4.78 is 0. The van der Waals surface area contributed by atoms with Crippen LogP contribution in [0.25, 0.3) is 0 Å². The Kier molecular flexibility index (Phi) is 5.23. The van der Waals surface area contributed by atoms with Crippen LogP contribution in [0, 0.1) is 0 Å². The van der Waals surface area contributed by atoms with Gasteiger partial charge in [-0.05, 0) is 12.0 Å². The Morgan fingerprint density at radius 2 is 1.69 bits per heavy atom. The maximum absolute atomic E-state index is 6.16. The molecule has 0 aliphatic carbocycles. The fourth-order valence-electron chi connectivity index (χ4n) is 1.89. The van der Waals surface area contributed by atoms with Gasteiger partial charge in [-0.15, -0.1) is 0 Å². The molecule has 0 aromatic heterocycles. The minimum atomic E-state index is -0.849. The summed E-state index contributed by atoms with van der Waals surface area (Å²) in [6.45, 7) is 7.30. The van der Waals surface area contributed by atoms with Crippen molar-refractivity contribution in [2.24, 2.45) is 5.73 Å². The van der Waals surface area contributed by atoms with Gasteiger partial charge in [-0.1, -0.05) is 68.9 Å². The summed E-state index contributed by atoms with van der Waals surface area (Å²) in [5.41, 5.74) is 7.43. The molecule has 1 unspecified atom stereocenters. The second-order valence-corrected chi connectivity index (χ2v) is 11.4. The van der Waals surface area contributed by atoms with Gasteiger partial charge in [0.2, 0.25) is 0 Å². The smallest absolute Gasteiger partial charge is 0.0442 e. The highest BCUT2D eigenvalue weighted by atomic mass is 28.3. The minimum absolute atomic E-state index is 0.225. The molecule has 0 amide bonds. The molecule has 0 aliphatic heterocycles. The molecule has 0 spiro atoms. The highest BCUT2D eigenvalue weighted by Gasteiger charge is 2.12.